The minimum atomic E-state index is -0.659. The Morgan fingerprint density at radius 1 is 1.35 bits per heavy atom. The van der Waals surface area contributed by atoms with Crippen LogP contribution in [0.3, 0.4) is 0 Å². The van der Waals surface area contributed by atoms with Crippen LogP contribution in [0.25, 0.3) is 0 Å². The fraction of sp³-hybridized carbons (Fsp3) is 0.462. The third-order valence-electron chi connectivity index (χ3n) is 3.18. The Morgan fingerprint density at radius 3 is 2.53 bits per heavy atom. The molecule has 0 aliphatic rings. The quantitative estimate of drug-likeness (QED) is 0.887. The van der Waals surface area contributed by atoms with E-state index in [1.54, 1.807) is 10.9 Å². The molecule has 2 heterocycles. The molecule has 2 rings (SSSR count). The molecular formula is C13H18N2O2. The molecule has 0 aliphatic carbocycles. The van der Waals surface area contributed by atoms with Gasteiger partial charge in [-0.2, -0.15) is 5.10 Å². The van der Waals surface area contributed by atoms with Crippen molar-refractivity contribution in [2.24, 2.45) is 0 Å². The second-order valence-corrected chi connectivity index (χ2v) is 4.29. The van der Waals surface area contributed by atoms with Crippen LogP contribution in [0.2, 0.25) is 0 Å². The molecular weight excluding hydrogens is 216 g/mol. The second kappa shape index (κ2) is 4.37. The minimum Gasteiger partial charge on any atom is -0.466 e. The van der Waals surface area contributed by atoms with E-state index < -0.39 is 6.10 Å². The lowest BCUT2D eigenvalue weighted by atomic mass is 10.0. The van der Waals surface area contributed by atoms with Crippen LogP contribution >= 0.6 is 0 Å². The highest BCUT2D eigenvalue weighted by Gasteiger charge is 2.21. The van der Waals surface area contributed by atoms with Crippen molar-refractivity contribution in [3.8, 4) is 0 Å². The molecule has 0 aliphatic heterocycles. The highest BCUT2D eigenvalue weighted by Crippen LogP contribution is 2.30. The average molecular weight is 234 g/mol. The smallest absolute Gasteiger partial charge is 0.111 e. The summed E-state index contributed by atoms with van der Waals surface area (Å²) in [5.74, 6) is 1.64. The van der Waals surface area contributed by atoms with E-state index in [4.69, 9.17) is 4.42 Å². The van der Waals surface area contributed by atoms with Crippen LogP contribution in [0.1, 0.15) is 41.2 Å². The Labute approximate surface area is 101 Å². The SMILES string of the molecule is CCn1cc(C(O)c2c(C)oc(C)c2C)cn1. The number of hydrogen-bond donors (Lipinski definition) is 1. The Morgan fingerprint density at radius 2 is 2.06 bits per heavy atom. The topological polar surface area (TPSA) is 51.2 Å². The lowest BCUT2D eigenvalue weighted by Crippen LogP contribution is -2.01. The molecule has 1 unspecified atom stereocenters. The van der Waals surface area contributed by atoms with Crippen molar-refractivity contribution in [1.82, 2.24) is 9.78 Å². The summed E-state index contributed by atoms with van der Waals surface area (Å²) in [5, 5.41) is 14.5. The molecule has 0 fully saturated rings. The molecule has 0 saturated carbocycles. The zero-order valence-corrected chi connectivity index (χ0v) is 10.7. The molecule has 0 bridgehead atoms. The molecule has 1 atom stereocenters. The number of nitrogens with zero attached hydrogens (tertiary/aromatic N) is 2. The molecule has 0 spiro atoms. The Bertz CT molecular complexity index is 526. The largest absolute Gasteiger partial charge is 0.466 e. The maximum atomic E-state index is 10.4. The lowest BCUT2D eigenvalue weighted by molar-refractivity contribution is 0.217. The van der Waals surface area contributed by atoms with Crippen LogP contribution in [0.15, 0.2) is 16.8 Å². The zero-order chi connectivity index (χ0) is 12.6. The van der Waals surface area contributed by atoms with Crippen LogP contribution in [-0.4, -0.2) is 14.9 Å². The maximum Gasteiger partial charge on any atom is 0.111 e. The highest BCUT2D eigenvalue weighted by atomic mass is 16.3. The van der Waals surface area contributed by atoms with Gasteiger partial charge in [-0.1, -0.05) is 0 Å². The van der Waals surface area contributed by atoms with Crippen LogP contribution in [0.5, 0.6) is 0 Å². The minimum absolute atomic E-state index is 0.659. The molecule has 2 aromatic heterocycles. The van der Waals surface area contributed by atoms with Crippen molar-refractivity contribution < 1.29 is 9.52 Å². The molecule has 17 heavy (non-hydrogen) atoms. The van der Waals surface area contributed by atoms with Crippen molar-refractivity contribution in [2.45, 2.75) is 40.3 Å². The predicted octanol–water partition coefficient (Wildman–Crippen LogP) is 2.50. The molecule has 4 heteroatoms. The monoisotopic (exact) mass is 234 g/mol. The zero-order valence-electron chi connectivity index (χ0n) is 10.7. The normalized spacial score (nSPS) is 13.0. The van der Waals surface area contributed by atoms with Crippen LogP contribution in [0, 0.1) is 20.8 Å². The van der Waals surface area contributed by atoms with Crippen molar-refractivity contribution in [3.05, 3.63) is 40.6 Å². The summed E-state index contributed by atoms with van der Waals surface area (Å²) in [6.07, 6.45) is 2.91. The number of rotatable bonds is 3. The van der Waals surface area contributed by atoms with E-state index in [1.165, 1.54) is 0 Å². The first-order valence-corrected chi connectivity index (χ1v) is 5.81. The van der Waals surface area contributed by atoms with Crippen molar-refractivity contribution >= 4 is 0 Å². The van der Waals surface area contributed by atoms with Gasteiger partial charge in [0.25, 0.3) is 0 Å². The summed E-state index contributed by atoms with van der Waals surface area (Å²) < 4.78 is 7.34. The molecule has 4 nitrogen and oxygen atoms in total. The maximum absolute atomic E-state index is 10.4. The van der Waals surface area contributed by atoms with Gasteiger partial charge in [-0.25, -0.2) is 0 Å². The van der Waals surface area contributed by atoms with Crippen molar-refractivity contribution in [2.75, 3.05) is 0 Å². The van der Waals surface area contributed by atoms with Gasteiger partial charge in [-0.05, 0) is 33.3 Å². The molecule has 92 valence electrons. The van der Waals surface area contributed by atoms with Crippen molar-refractivity contribution in [3.63, 3.8) is 0 Å². The van der Waals surface area contributed by atoms with Crippen LogP contribution < -0.4 is 0 Å². The fourth-order valence-electron chi connectivity index (χ4n) is 2.07. The van der Waals surface area contributed by atoms with Crippen LogP contribution in [-0.2, 0) is 6.54 Å². The summed E-state index contributed by atoms with van der Waals surface area (Å²) >= 11 is 0. The van der Waals surface area contributed by atoms with Crippen molar-refractivity contribution in [1.29, 1.82) is 0 Å². The average Bonchev–Trinajstić information content (AvgIpc) is 2.85. The van der Waals surface area contributed by atoms with Crippen LogP contribution in [0.4, 0.5) is 0 Å². The number of aliphatic hydroxyl groups is 1. The summed E-state index contributed by atoms with van der Waals surface area (Å²) in [6.45, 7) is 8.57. The van der Waals surface area contributed by atoms with Gasteiger partial charge in [0.05, 0.1) is 6.20 Å². The van der Waals surface area contributed by atoms with Gasteiger partial charge in [-0.3, -0.25) is 4.68 Å². The first-order valence-electron chi connectivity index (χ1n) is 5.81. The second-order valence-electron chi connectivity index (χ2n) is 4.29. The number of hydrogen-bond acceptors (Lipinski definition) is 3. The van der Waals surface area contributed by atoms with Gasteiger partial charge < -0.3 is 9.52 Å². The summed E-state index contributed by atoms with van der Waals surface area (Å²) in [6, 6.07) is 0. The van der Waals surface area contributed by atoms with E-state index in [1.807, 2.05) is 33.9 Å². The molecule has 2 aromatic rings. The molecule has 0 radical (unpaired) electrons. The molecule has 0 aromatic carbocycles. The third kappa shape index (κ3) is 2.00. The number of aliphatic hydroxyl groups excluding tert-OH is 1. The van der Waals surface area contributed by atoms with Gasteiger partial charge in [0, 0.05) is 23.9 Å². The first kappa shape index (κ1) is 11.9. The van der Waals surface area contributed by atoms with Gasteiger partial charge in [-0.15, -0.1) is 0 Å². The van der Waals surface area contributed by atoms with E-state index in [2.05, 4.69) is 5.10 Å². The summed E-state index contributed by atoms with van der Waals surface area (Å²) in [5.41, 5.74) is 2.68. The van der Waals surface area contributed by atoms with E-state index in [9.17, 15) is 5.11 Å². The van der Waals surface area contributed by atoms with E-state index in [-0.39, 0.29) is 0 Å². The summed E-state index contributed by atoms with van der Waals surface area (Å²) in [4.78, 5) is 0. The van der Waals surface area contributed by atoms with Gasteiger partial charge >= 0.3 is 0 Å². The van der Waals surface area contributed by atoms with E-state index >= 15 is 0 Å². The molecule has 0 saturated heterocycles. The van der Waals surface area contributed by atoms with E-state index in [0.29, 0.717) is 0 Å². The van der Waals surface area contributed by atoms with Gasteiger partial charge in [0.15, 0.2) is 0 Å². The fourth-order valence-corrected chi connectivity index (χ4v) is 2.07. The third-order valence-corrected chi connectivity index (χ3v) is 3.18. The highest BCUT2D eigenvalue weighted by molar-refractivity contribution is 5.37. The molecule has 1 N–H and O–H groups in total. The lowest BCUT2D eigenvalue weighted by Gasteiger charge is -2.08. The Balaban J connectivity index is 2.39. The molecule has 0 amide bonds. The summed E-state index contributed by atoms with van der Waals surface area (Å²) in [7, 11) is 0. The first-order chi connectivity index (χ1) is 8.04. The van der Waals surface area contributed by atoms with E-state index in [0.717, 1.165) is 34.8 Å². The number of aryl methyl sites for hydroxylation is 3. The van der Waals surface area contributed by atoms with Gasteiger partial charge in [0.2, 0.25) is 0 Å². The van der Waals surface area contributed by atoms with Gasteiger partial charge in [0.1, 0.15) is 17.6 Å². The number of furan rings is 1. The standard InChI is InChI=1S/C13H18N2O2/c1-5-15-7-11(6-14-15)13(16)12-8(2)9(3)17-10(12)4/h6-7,13,16H,5H2,1-4H3. The predicted molar refractivity (Wildman–Crippen MR) is 64.9 cm³/mol. The Hall–Kier alpha value is -1.55. The Kier molecular flexibility index (Phi) is 3.07. The number of aromatic nitrogens is 2.